The topological polar surface area (TPSA) is 54.0 Å². The second-order valence-corrected chi connectivity index (χ2v) is 5.47. The van der Waals surface area contributed by atoms with Crippen LogP contribution in [0.2, 0.25) is 0 Å². The van der Waals surface area contributed by atoms with Gasteiger partial charge in [-0.15, -0.1) is 0 Å². The molecular formula is C16H26N2O3. The molecule has 0 radical (unpaired) electrons. The largest absolute Gasteiger partial charge is 0.497 e. The van der Waals surface area contributed by atoms with Crippen molar-refractivity contribution >= 4 is 0 Å². The Morgan fingerprint density at radius 3 is 2.48 bits per heavy atom. The highest BCUT2D eigenvalue weighted by molar-refractivity contribution is 5.38. The third-order valence-corrected chi connectivity index (χ3v) is 3.87. The second kappa shape index (κ2) is 8.22. The lowest BCUT2D eigenvalue weighted by Gasteiger charge is -2.25. The molecule has 1 aliphatic heterocycles. The average molecular weight is 294 g/mol. The van der Waals surface area contributed by atoms with Gasteiger partial charge in [0.15, 0.2) is 0 Å². The number of rotatable bonds is 8. The molecular weight excluding hydrogens is 268 g/mol. The minimum Gasteiger partial charge on any atom is -0.497 e. The molecule has 0 amide bonds. The van der Waals surface area contributed by atoms with Crippen LogP contribution in [-0.4, -0.2) is 56.5 Å². The van der Waals surface area contributed by atoms with Crippen LogP contribution in [0.3, 0.4) is 0 Å². The van der Waals surface area contributed by atoms with Crippen molar-refractivity contribution in [1.29, 1.82) is 0 Å². The third-order valence-electron chi connectivity index (χ3n) is 3.87. The number of methoxy groups -OCH3 is 2. The van der Waals surface area contributed by atoms with E-state index in [1.807, 2.05) is 18.2 Å². The van der Waals surface area contributed by atoms with Crippen molar-refractivity contribution < 1.29 is 14.6 Å². The van der Waals surface area contributed by atoms with Gasteiger partial charge in [0.2, 0.25) is 0 Å². The zero-order chi connectivity index (χ0) is 15.1. The van der Waals surface area contributed by atoms with Crippen LogP contribution in [0.5, 0.6) is 11.5 Å². The quantitative estimate of drug-likeness (QED) is 0.756. The molecule has 2 rings (SSSR count). The number of nitrogens with one attached hydrogen (secondary N) is 1. The standard InChI is InChI=1S/C16H26N2O3/c1-20-15-8-13(9-16(10-15)21-2)11-18(6-7-19)12-14-4-3-5-17-14/h8-10,14,17,19H,3-7,11-12H2,1-2H3. The molecule has 5 nitrogen and oxygen atoms in total. The lowest BCUT2D eigenvalue weighted by molar-refractivity contribution is 0.179. The van der Waals surface area contributed by atoms with Gasteiger partial charge in [-0.05, 0) is 37.1 Å². The van der Waals surface area contributed by atoms with E-state index in [-0.39, 0.29) is 6.61 Å². The van der Waals surface area contributed by atoms with Crippen LogP contribution >= 0.6 is 0 Å². The van der Waals surface area contributed by atoms with Gasteiger partial charge in [0, 0.05) is 31.7 Å². The summed E-state index contributed by atoms with van der Waals surface area (Å²) in [6.07, 6.45) is 2.45. The van der Waals surface area contributed by atoms with Crippen LogP contribution in [0.1, 0.15) is 18.4 Å². The van der Waals surface area contributed by atoms with Crippen LogP contribution in [-0.2, 0) is 6.54 Å². The van der Waals surface area contributed by atoms with Crippen LogP contribution in [0.25, 0.3) is 0 Å². The summed E-state index contributed by atoms with van der Waals surface area (Å²) >= 11 is 0. The van der Waals surface area contributed by atoms with E-state index in [0.717, 1.165) is 36.7 Å². The van der Waals surface area contributed by atoms with Crippen molar-refractivity contribution in [3.63, 3.8) is 0 Å². The molecule has 1 aliphatic rings. The van der Waals surface area contributed by atoms with Gasteiger partial charge >= 0.3 is 0 Å². The Morgan fingerprint density at radius 2 is 1.95 bits per heavy atom. The Labute approximate surface area is 126 Å². The Bertz CT molecular complexity index is 411. The molecule has 1 fully saturated rings. The van der Waals surface area contributed by atoms with E-state index in [2.05, 4.69) is 10.2 Å². The molecule has 118 valence electrons. The minimum atomic E-state index is 0.174. The van der Waals surface area contributed by atoms with Gasteiger partial charge in [0.1, 0.15) is 11.5 Å². The van der Waals surface area contributed by atoms with E-state index < -0.39 is 0 Å². The van der Waals surface area contributed by atoms with Gasteiger partial charge in [-0.1, -0.05) is 0 Å². The number of ether oxygens (including phenoxy) is 2. The van der Waals surface area contributed by atoms with E-state index in [0.29, 0.717) is 12.6 Å². The molecule has 1 saturated heterocycles. The summed E-state index contributed by atoms with van der Waals surface area (Å²) in [6.45, 7) is 3.70. The zero-order valence-corrected chi connectivity index (χ0v) is 13.0. The van der Waals surface area contributed by atoms with Crippen LogP contribution in [0, 0.1) is 0 Å². The summed E-state index contributed by atoms with van der Waals surface area (Å²) < 4.78 is 10.6. The van der Waals surface area contributed by atoms with E-state index in [1.165, 1.54) is 12.8 Å². The fraction of sp³-hybridized carbons (Fsp3) is 0.625. The van der Waals surface area contributed by atoms with Crippen LogP contribution < -0.4 is 14.8 Å². The maximum absolute atomic E-state index is 9.28. The fourth-order valence-electron chi connectivity index (χ4n) is 2.82. The number of hydrogen-bond acceptors (Lipinski definition) is 5. The Kier molecular flexibility index (Phi) is 6.29. The van der Waals surface area contributed by atoms with Gasteiger partial charge in [-0.25, -0.2) is 0 Å². The Balaban J connectivity index is 2.04. The van der Waals surface area contributed by atoms with Gasteiger partial charge in [0.05, 0.1) is 20.8 Å². The molecule has 21 heavy (non-hydrogen) atoms. The van der Waals surface area contributed by atoms with Gasteiger partial charge < -0.3 is 19.9 Å². The molecule has 0 aliphatic carbocycles. The first-order chi connectivity index (χ1) is 10.2. The van der Waals surface area contributed by atoms with E-state index >= 15 is 0 Å². The molecule has 0 aromatic heterocycles. The molecule has 5 heteroatoms. The summed E-state index contributed by atoms with van der Waals surface area (Å²) in [7, 11) is 3.32. The fourth-order valence-corrected chi connectivity index (χ4v) is 2.82. The van der Waals surface area contributed by atoms with E-state index in [9.17, 15) is 5.11 Å². The number of nitrogens with zero attached hydrogens (tertiary/aromatic N) is 1. The summed E-state index contributed by atoms with van der Waals surface area (Å²) in [6, 6.07) is 6.45. The Hall–Kier alpha value is -1.30. The number of benzene rings is 1. The first kappa shape index (κ1) is 16.1. The lowest BCUT2D eigenvalue weighted by atomic mass is 10.1. The zero-order valence-electron chi connectivity index (χ0n) is 13.0. The molecule has 2 N–H and O–H groups in total. The maximum Gasteiger partial charge on any atom is 0.122 e. The number of hydrogen-bond donors (Lipinski definition) is 2. The highest BCUT2D eigenvalue weighted by Crippen LogP contribution is 2.23. The molecule has 0 bridgehead atoms. The summed E-state index contributed by atoms with van der Waals surface area (Å²) in [4.78, 5) is 2.28. The van der Waals surface area contributed by atoms with E-state index in [1.54, 1.807) is 14.2 Å². The van der Waals surface area contributed by atoms with Gasteiger partial charge in [0.25, 0.3) is 0 Å². The van der Waals surface area contributed by atoms with Crippen LogP contribution in [0.15, 0.2) is 18.2 Å². The number of aliphatic hydroxyl groups excluding tert-OH is 1. The molecule has 0 saturated carbocycles. The molecule has 0 spiro atoms. The van der Waals surface area contributed by atoms with Crippen molar-refractivity contribution in [2.75, 3.05) is 40.5 Å². The van der Waals surface area contributed by atoms with Crippen molar-refractivity contribution in [2.24, 2.45) is 0 Å². The van der Waals surface area contributed by atoms with Gasteiger partial charge in [-0.3, -0.25) is 4.90 Å². The molecule has 1 aromatic rings. The van der Waals surface area contributed by atoms with E-state index in [4.69, 9.17) is 9.47 Å². The predicted molar refractivity (Wildman–Crippen MR) is 82.9 cm³/mol. The minimum absolute atomic E-state index is 0.174. The van der Waals surface area contributed by atoms with Crippen molar-refractivity contribution in [1.82, 2.24) is 10.2 Å². The summed E-state index contributed by atoms with van der Waals surface area (Å²) in [5.74, 6) is 1.60. The summed E-state index contributed by atoms with van der Waals surface area (Å²) in [5, 5.41) is 12.8. The smallest absolute Gasteiger partial charge is 0.122 e. The highest BCUT2D eigenvalue weighted by atomic mass is 16.5. The Morgan fingerprint density at radius 1 is 1.24 bits per heavy atom. The highest BCUT2D eigenvalue weighted by Gasteiger charge is 2.18. The normalized spacial score (nSPS) is 18.2. The van der Waals surface area contributed by atoms with Crippen molar-refractivity contribution in [3.05, 3.63) is 23.8 Å². The lowest BCUT2D eigenvalue weighted by Crippen LogP contribution is -2.38. The average Bonchev–Trinajstić information content (AvgIpc) is 3.00. The molecule has 1 aromatic carbocycles. The monoisotopic (exact) mass is 294 g/mol. The predicted octanol–water partition coefficient (Wildman–Crippen LogP) is 1.25. The van der Waals surface area contributed by atoms with Gasteiger partial charge in [-0.2, -0.15) is 0 Å². The molecule has 1 heterocycles. The van der Waals surface area contributed by atoms with Crippen molar-refractivity contribution in [2.45, 2.75) is 25.4 Å². The SMILES string of the molecule is COc1cc(CN(CCO)CC2CCCN2)cc(OC)c1. The van der Waals surface area contributed by atoms with Crippen LogP contribution in [0.4, 0.5) is 0 Å². The maximum atomic E-state index is 9.28. The number of aliphatic hydroxyl groups is 1. The first-order valence-corrected chi connectivity index (χ1v) is 7.53. The first-order valence-electron chi connectivity index (χ1n) is 7.53. The van der Waals surface area contributed by atoms with Crippen molar-refractivity contribution in [3.8, 4) is 11.5 Å². The second-order valence-electron chi connectivity index (χ2n) is 5.47. The molecule has 1 atom stereocenters. The summed E-state index contributed by atoms with van der Waals surface area (Å²) in [5.41, 5.74) is 1.14. The third kappa shape index (κ3) is 4.88. The molecule has 1 unspecified atom stereocenters.